The Morgan fingerprint density at radius 1 is 1.36 bits per heavy atom. The summed E-state index contributed by atoms with van der Waals surface area (Å²) < 4.78 is 0. The fraction of sp³-hybridized carbons (Fsp3) is 0.125. The average Bonchev–Trinajstić information content (AvgIpc) is 2.33. The van der Waals surface area contributed by atoms with E-state index in [1.807, 2.05) is 18.3 Å². The summed E-state index contributed by atoms with van der Waals surface area (Å²) in [4.78, 5) is 13.8. The lowest BCUT2D eigenvalue weighted by Crippen LogP contribution is -2.03. The first-order valence-corrected chi connectivity index (χ1v) is 3.23. The molecule has 0 aliphatic heterocycles. The van der Waals surface area contributed by atoms with Gasteiger partial charge in [-0.25, -0.2) is 0 Å². The number of halogens is 1. The Morgan fingerprint density at radius 2 is 2.18 bits per heavy atom. The standard InChI is InChI=1S/C8H7NO.ClH/c10-7-2-1-6-3-4-9-8(6)5-7;/h1-4,9H,5H2;1H. The van der Waals surface area contributed by atoms with E-state index in [0.717, 1.165) is 11.3 Å². The molecule has 0 saturated carbocycles. The van der Waals surface area contributed by atoms with E-state index >= 15 is 0 Å². The summed E-state index contributed by atoms with van der Waals surface area (Å²) in [6, 6.07) is 1.97. The molecule has 0 bridgehead atoms. The van der Waals surface area contributed by atoms with Gasteiger partial charge in [0.05, 0.1) is 6.42 Å². The molecule has 1 aromatic rings. The third-order valence-electron chi connectivity index (χ3n) is 1.67. The summed E-state index contributed by atoms with van der Waals surface area (Å²) in [6.07, 6.45) is 5.85. The summed E-state index contributed by atoms with van der Waals surface area (Å²) in [5.74, 6) is 0.176. The number of rotatable bonds is 0. The van der Waals surface area contributed by atoms with Crippen molar-refractivity contribution in [3.05, 3.63) is 29.6 Å². The molecule has 1 aliphatic rings. The van der Waals surface area contributed by atoms with Crippen molar-refractivity contribution in [2.45, 2.75) is 6.42 Å². The topological polar surface area (TPSA) is 32.9 Å². The van der Waals surface area contributed by atoms with Gasteiger partial charge in [0.2, 0.25) is 0 Å². The third-order valence-corrected chi connectivity index (χ3v) is 1.67. The van der Waals surface area contributed by atoms with Gasteiger partial charge in [-0.1, -0.05) is 0 Å². The molecule has 0 unspecified atom stereocenters. The largest absolute Gasteiger partial charge is 0.364 e. The summed E-state index contributed by atoms with van der Waals surface area (Å²) in [5.41, 5.74) is 2.17. The highest BCUT2D eigenvalue weighted by Crippen LogP contribution is 2.14. The van der Waals surface area contributed by atoms with Crippen LogP contribution in [0.1, 0.15) is 11.3 Å². The number of hydrogen-bond donors (Lipinski definition) is 1. The van der Waals surface area contributed by atoms with Gasteiger partial charge in [-0.2, -0.15) is 0 Å². The summed E-state index contributed by atoms with van der Waals surface area (Å²) in [5, 5.41) is 0. The highest BCUT2D eigenvalue weighted by Gasteiger charge is 2.09. The number of nitrogens with one attached hydrogen (secondary N) is 1. The minimum atomic E-state index is 0. The molecule has 1 aromatic heterocycles. The van der Waals surface area contributed by atoms with Crippen LogP contribution in [0.5, 0.6) is 0 Å². The molecule has 3 heteroatoms. The van der Waals surface area contributed by atoms with Crippen molar-refractivity contribution in [2.75, 3.05) is 0 Å². The van der Waals surface area contributed by atoms with Crippen molar-refractivity contribution in [3.8, 4) is 0 Å². The lowest BCUT2D eigenvalue weighted by molar-refractivity contribution is -0.114. The molecule has 0 spiro atoms. The predicted molar refractivity (Wildman–Crippen MR) is 45.8 cm³/mol. The monoisotopic (exact) mass is 169 g/mol. The Labute approximate surface area is 70.7 Å². The first-order chi connectivity index (χ1) is 4.86. The molecule has 0 amide bonds. The number of ketones is 1. The number of aromatic amines is 1. The van der Waals surface area contributed by atoms with E-state index < -0.39 is 0 Å². The Balaban J connectivity index is 0.000000605. The second-order valence-electron chi connectivity index (χ2n) is 2.39. The zero-order valence-corrected chi connectivity index (χ0v) is 6.65. The fourth-order valence-corrected chi connectivity index (χ4v) is 1.14. The molecule has 2 nitrogen and oxygen atoms in total. The highest BCUT2D eigenvalue weighted by atomic mass is 35.5. The normalized spacial score (nSPS) is 14.0. The van der Waals surface area contributed by atoms with Crippen LogP contribution < -0.4 is 0 Å². The minimum absolute atomic E-state index is 0. The van der Waals surface area contributed by atoms with E-state index in [2.05, 4.69) is 4.98 Å². The van der Waals surface area contributed by atoms with Gasteiger partial charge in [-0.15, -0.1) is 12.4 Å². The van der Waals surface area contributed by atoms with Crippen LogP contribution in [-0.2, 0) is 11.2 Å². The van der Waals surface area contributed by atoms with Gasteiger partial charge in [0.1, 0.15) is 0 Å². The summed E-state index contributed by atoms with van der Waals surface area (Å²) in [6.45, 7) is 0. The molecule has 0 fully saturated rings. The van der Waals surface area contributed by atoms with Gasteiger partial charge < -0.3 is 4.98 Å². The van der Waals surface area contributed by atoms with Gasteiger partial charge >= 0.3 is 0 Å². The number of fused-ring (bicyclic) bond motifs is 1. The smallest absolute Gasteiger partial charge is 0.161 e. The van der Waals surface area contributed by atoms with Gasteiger partial charge in [-0.05, 0) is 23.8 Å². The van der Waals surface area contributed by atoms with Crippen LogP contribution in [0.15, 0.2) is 18.3 Å². The number of H-pyrrole nitrogens is 1. The third kappa shape index (κ3) is 1.35. The maximum atomic E-state index is 10.8. The van der Waals surface area contributed by atoms with Crippen molar-refractivity contribution in [1.82, 2.24) is 4.98 Å². The summed E-state index contributed by atoms with van der Waals surface area (Å²) in [7, 11) is 0. The van der Waals surface area contributed by atoms with Crippen molar-refractivity contribution in [3.63, 3.8) is 0 Å². The Morgan fingerprint density at radius 3 is 3.00 bits per heavy atom. The molecule has 0 aromatic carbocycles. The molecular weight excluding hydrogens is 162 g/mol. The molecule has 2 rings (SSSR count). The van der Waals surface area contributed by atoms with E-state index in [-0.39, 0.29) is 18.2 Å². The van der Waals surface area contributed by atoms with Gasteiger partial charge in [0, 0.05) is 11.9 Å². The first kappa shape index (κ1) is 8.08. The molecule has 0 saturated heterocycles. The number of aromatic nitrogens is 1. The van der Waals surface area contributed by atoms with Gasteiger partial charge in [-0.3, -0.25) is 4.79 Å². The fourth-order valence-electron chi connectivity index (χ4n) is 1.14. The number of carbonyl (C=O) groups excluding carboxylic acids is 1. The minimum Gasteiger partial charge on any atom is -0.364 e. The van der Waals surface area contributed by atoms with Crippen molar-refractivity contribution in [1.29, 1.82) is 0 Å². The molecule has 1 heterocycles. The summed E-state index contributed by atoms with van der Waals surface area (Å²) >= 11 is 0. The second kappa shape index (κ2) is 2.93. The van der Waals surface area contributed by atoms with E-state index in [0.29, 0.717) is 6.42 Å². The molecule has 1 aliphatic carbocycles. The lowest BCUT2D eigenvalue weighted by atomic mass is 10.1. The van der Waals surface area contributed by atoms with E-state index in [9.17, 15) is 4.79 Å². The van der Waals surface area contributed by atoms with Crippen LogP contribution in [0.3, 0.4) is 0 Å². The first-order valence-electron chi connectivity index (χ1n) is 3.23. The molecule has 0 atom stereocenters. The van der Waals surface area contributed by atoms with Crippen LogP contribution in [0.4, 0.5) is 0 Å². The van der Waals surface area contributed by atoms with Gasteiger partial charge in [0.25, 0.3) is 0 Å². The lowest BCUT2D eigenvalue weighted by Gasteiger charge is -2.01. The van der Waals surface area contributed by atoms with Crippen LogP contribution in [0.2, 0.25) is 0 Å². The second-order valence-corrected chi connectivity index (χ2v) is 2.39. The van der Waals surface area contributed by atoms with Crippen LogP contribution >= 0.6 is 12.4 Å². The molecule has 11 heavy (non-hydrogen) atoms. The zero-order valence-electron chi connectivity index (χ0n) is 5.83. The SMILES string of the molecule is Cl.O=C1C=Cc2cc[nH]c2C1. The van der Waals surface area contributed by atoms with Crippen molar-refractivity contribution in [2.24, 2.45) is 0 Å². The van der Waals surface area contributed by atoms with Crippen LogP contribution in [0.25, 0.3) is 6.08 Å². The Hall–Kier alpha value is -1.02. The van der Waals surface area contributed by atoms with Crippen LogP contribution in [-0.4, -0.2) is 10.8 Å². The van der Waals surface area contributed by atoms with E-state index in [1.165, 1.54) is 0 Å². The van der Waals surface area contributed by atoms with Crippen molar-refractivity contribution < 1.29 is 4.79 Å². The number of hydrogen-bond acceptors (Lipinski definition) is 1. The average molecular weight is 170 g/mol. The van der Waals surface area contributed by atoms with Crippen LogP contribution in [0, 0.1) is 0 Å². The molecule has 0 radical (unpaired) electrons. The Kier molecular flexibility index (Phi) is 2.15. The highest BCUT2D eigenvalue weighted by molar-refractivity contribution is 5.97. The number of allylic oxidation sites excluding steroid dienone is 1. The molecule has 1 N–H and O–H groups in total. The van der Waals surface area contributed by atoms with E-state index in [4.69, 9.17) is 0 Å². The quantitative estimate of drug-likeness (QED) is 0.629. The molecular formula is C8H8ClNO. The zero-order chi connectivity index (χ0) is 6.97. The van der Waals surface area contributed by atoms with Crippen molar-refractivity contribution >= 4 is 24.3 Å². The maximum Gasteiger partial charge on any atom is 0.161 e. The van der Waals surface area contributed by atoms with Gasteiger partial charge in [0.15, 0.2) is 5.78 Å². The van der Waals surface area contributed by atoms with E-state index in [1.54, 1.807) is 6.08 Å². The predicted octanol–water partition coefficient (Wildman–Crippen LogP) is 1.57. The Bertz CT molecular complexity index is 301. The maximum absolute atomic E-state index is 10.8. The number of carbonyl (C=O) groups is 1. The molecule has 58 valence electrons.